The quantitative estimate of drug-likeness (QED) is 0.216. The van der Waals surface area contributed by atoms with Gasteiger partial charge in [0.15, 0.2) is 11.5 Å². The van der Waals surface area contributed by atoms with Crippen molar-refractivity contribution in [2.45, 2.75) is 32.7 Å². The van der Waals surface area contributed by atoms with Gasteiger partial charge in [0.05, 0.1) is 24.8 Å². The molecule has 1 amide bonds. The lowest BCUT2D eigenvalue weighted by molar-refractivity contribution is -0.140. The van der Waals surface area contributed by atoms with Gasteiger partial charge in [-0.1, -0.05) is 31.5 Å². The number of likely N-dealkylation sites (tertiary alicyclic amines) is 1. The molecule has 0 spiro atoms. The number of phenolic OH excluding ortho intramolecular Hbond substituents is 1. The Bertz CT molecular complexity index is 1090. The number of nitrogens with zero attached hydrogens (tertiary/aromatic N) is 2. The van der Waals surface area contributed by atoms with E-state index < -0.39 is 17.7 Å². The lowest BCUT2D eigenvalue weighted by Gasteiger charge is -2.27. The number of hydrogen-bond donors (Lipinski definition) is 2. The van der Waals surface area contributed by atoms with Crippen molar-refractivity contribution < 1.29 is 29.3 Å². The summed E-state index contributed by atoms with van der Waals surface area (Å²) in [6.07, 6.45) is 1.89. The minimum Gasteiger partial charge on any atom is -0.507 e. The van der Waals surface area contributed by atoms with Crippen LogP contribution < -0.4 is 9.47 Å². The van der Waals surface area contributed by atoms with Gasteiger partial charge in [0, 0.05) is 18.7 Å². The number of likely N-dealkylation sites (N-methyl/N-ethyl adjacent to an activating group) is 1. The number of aliphatic hydroxyl groups excluding tert-OH is 1. The third kappa shape index (κ3) is 5.95. The molecule has 2 aromatic carbocycles. The summed E-state index contributed by atoms with van der Waals surface area (Å²) in [5.41, 5.74) is 0.937. The monoisotopic (exact) mass is 482 g/mol. The zero-order valence-electron chi connectivity index (χ0n) is 20.8. The zero-order chi connectivity index (χ0) is 25.5. The highest BCUT2D eigenvalue weighted by molar-refractivity contribution is 6.46. The van der Waals surface area contributed by atoms with Crippen LogP contribution in [-0.4, -0.2) is 72.1 Å². The van der Waals surface area contributed by atoms with E-state index in [-0.39, 0.29) is 29.4 Å². The van der Waals surface area contributed by atoms with Crippen molar-refractivity contribution in [2.24, 2.45) is 0 Å². The van der Waals surface area contributed by atoms with E-state index in [1.54, 1.807) is 43.3 Å². The molecule has 1 fully saturated rings. The summed E-state index contributed by atoms with van der Waals surface area (Å²) in [6, 6.07) is 10.7. The third-order valence-corrected chi connectivity index (χ3v) is 5.80. The average molecular weight is 483 g/mol. The molecule has 2 aromatic rings. The number of hydrogen-bond acceptors (Lipinski definition) is 7. The molecule has 35 heavy (non-hydrogen) atoms. The van der Waals surface area contributed by atoms with Crippen molar-refractivity contribution in [2.75, 3.05) is 40.4 Å². The Labute approximate surface area is 206 Å². The van der Waals surface area contributed by atoms with E-state index in [0.717, 1.165) is 12.8 Å². The van der Waals surface area contributed by atoms with E-state index in [1.165, 1.54) is 11.0 Å². The third-order valence-electron chi connectivity index (χ3n) is 5.80. The Morgan fingerprint density at radius 2 is 1.86 bits per heavy atom. The molecular weight excluding hydrogens is 448 g/mol. The molecule has 8 nitrogen and oxygen atoms in total. The van der Waals surface area contributed by atoms with Crippen LogP contribution in [0.4, 0.5) is 0 Å². The van der Waals surface area contributed by atoms with Crippen LogP contribution in [0.2, 0.25) is 0 Å². The van der Waals surface area contributed by atoms with E-state index in [2.05, 4.69) is 6.92 Å². The Hall–Kier alpha value is -3.52. The molecule has 188 valence electrons. The fourth-order valence-corrected chi connectivity index (χ4v) is 3.96. The van der Waals surface area contributed by atoms with Crippen LogP contribution in [0.1, 0.15) is 43.9 Å². The summed E-state index contributed by atoms with van der Waals surface area (Å²) >= 11 is 0. The van der Waals surface area contributed by atoms with Gasteiger partial charge in [-0.15, -0.1) is 0 Å². The first-order valence-corrected chi connectivity index (χ1v) is 11.9. The first-order chi connectivity index (χ1) is 16.8. The second kappa shape index (κ2) is 11.8. The molecule has 1 unspecified atom stereocenters. The van der Waals surface area contributed by atoms with Gasteiger partial charge in [-0.05, 0) is 57.3 Å². The van der Waals surface area contributed by atoms with Gasteiger partial charge in [0.25, 0.3) is 11.7 Å². The van der Waals surface area contributed by atoms with Crippen LogP contribution in [0, 0.1) is 0 Å². The summed E-state index contributed by atoms with van der Waals surface area (Å²) in [6.45, 7) is 5.56. The van der Waals surface area contributed by atoms with Gasteiger partial charge < -0.3 is 29.5 Å². The van der Waals surface area contributed by atoms with Crippen LogP contribution in [0.15, 0.2) is 48.0 Å². The second-order valence-corrected chi connectivity index (χ2v) is 8.69. The maximum Gasteiger partial charge on any atom is 0.295 e. The molecule has 0 saturated carbocycles. The number of rotatable bonds is 11. The van der Waals surface area contributed by atoms with Crippen LogP contribution >= 0.6 is 0 Å². The molecule has 1 saturated heterocycles. The van der Waals surface area contributed by atoms with Crippen LogP contribution in [0.25, 0.3) is 5.76 Å². The minimum absolute atomic E-state index is 0.00685. The summed E-state index contributed by atoms with van der Waals surface area (Å²) in [4.78, 5) is 29.6. The maximum absolute atomic E-state index is 13.2. The number of carbonyl (C=O) groups excluding carboxylic acids is 2. The number of ketones is 1. The van der Waals surface area contributed by atoms with Gasteiger partial charge in [-0.3, -0.25) is 9.59 Å². The number of unbranched alkanes of at least 4 members (excludes halogenated alkanes) is 1. The van der Waals surface area contributed by atoms with E-state index in [4.69, 9.17) is 9.47 Å². The molecule has 0 aliphatic carbocycles. The van der Waals surface area contributed by atoms with Gasteiger partial charge in [-0.25, -0.2) is 0 Å². The Balaban J connectivity index is 2.11. The van der Waals surface area contributed by atoms with Crippen molar-refractivity contribution >= 4 is 17.4 Å². The predicted octanol–water partition coefficient (Wildman–Crippen LogP) is 3.95. The van der Waals surface area contributed by atoms with E-state index in [0.29, 0.717) is 36.6 Å². The lowest BCUT2D eigenvalue weighted by atomic mass is 9.95. The fraction of sp³-hybridized carbons (Fsp3) is 0.407. The molecule has 1 aliphatic rings. The molecule has 8 heteroatoms. The Morgan fingerprint density at radius 1 is 1.09 bits per heavy atom. The largest absolute Gasteiger partial charge is 0.507 e. The predicted molar refractivity (Wildman–Crippen MR) is 134 cm³/mol. The topological polar surface area (TPSA) is 99.5 Å². The summed E-state index contributed by atoms with van der Waals surface area (Å²) in [5, 5.41) is 21.5. The van der Waals surface area contributed by atoms with Crippen molar-refractivity contribution in [1.29, 1.82) is 0 Å². The van der Waals surface area contributed by atoms with E-state index in [1.807, 2.05) is 19.0 Å². The van der Waals surface area contributed by atoms with Gasteiger partial charge in [0.2, 0.25) is 0 Å². The highest BCUT2D eigenvalue weighted by Crippen LogP contribution is 2.42. The Morgan fingerprint density at radius 3 is 2.54 bits per heavy atom. The van der Waals surface area contributed by atoms with Gasteiger partial charge in [-0.2, -0.15) is 0 Å². The van der Waals surface area contributed by atoms with E-state index in [9.17, 15) is 19.8 Å². The SMILES string of the molecule is CCCCOc1cccc(/C(O)=C2\C(=O)C(=O)N(CCN(C)C)C2c2ccc(O)c(OCC)c2)c1. The highest BCUT2D eigenvalue weighted by atomic mass is 16.5. The standard InChI is InChI=1S/C27H34N2O6/c1-5-7-15-35-20-10-8-9-19(16-20)25(31)23-24(18-11-12-21(30)22(17-18)34-6-2)29(14-13-28(3)4)27(33)26(23)32/h8-12,16-17,24,30-31H,5-7,13-15H2,1-4H3/b25-23+. The number of carbonyl (C=O) groups is 2. The molecule has 0 radical (unpaired) electrons. The van der Waals surface area contributed by atoms with E-state index >= 15 is 0 Å². The Kier molecular flexibility index (Phi) is 8.76. The molecule has 1 heterocycles. The summed E-state index contributed by atoms with van der Waals surface area (Å²) in [5.74, 6) is -0.932. The number of aromatic hydroxyl groups is 1. The molecule has 1 aliphatic heterocycles. The summed E-state index contributed by atoms with van der Waals surface area (Å²) in [7, 11) is 3.76. The normalized spacial score (nSPS) is 17.3. The van der Waals surface area contributed by atoms with Crippen molar-refractivity contribution in [3.63, 3.8) is 0 Å². The molecule has 0 aromatic heterocycles. The number of phenols is 1. The zero-order valence-corrected chi connectivity index (χ0v) is 20.8. The number of ether oxygens (including phenoxy) is 2. The van der Waals surface area contributed by atoms with Crippen molar-refractivity contribution in [1.82, 2.24) is 9.80 Å². The lowest BCUT2D eigenvalue weighted by Crippen LogP contribution is -2.35. The number of amides is 1. The molecule has 2 N–H and O–H groups in total. The molecule has 0 bridgehead atoms. The first-order valence-electron chi connectivity index (χ1n) is 11.9. The molecule has 1 atom stereocenters. The number of benzene rings is 2. The van der Waals surface area contributed by atoms with Gasteiger partial charge >= 0.3 is 0 Å². The van der Waals surface area contributed by atoms with Crippen LogP contribution in [0.5, 0.6) is 17.2 Å². The van der Waals surface area contributed by atoms with Crippen LogP contribution in [0.3, 0.4) is 0 Å². The molecule has 3 rings (SSSR count). The number of Topliss-reactive ketones (excluding diaryl/α,β-unsaturated/α-hetero) is 1. The average Bonchev–Trinajstić information content (AvgIpc) is 3.09. The van der Waals surface area contributed by atoms with Crippen LogP contribution in [-0.2, 0) is 9.59 Å². The number of aliphatic hydroxyl groups is 1. The fourth-order valence-electron chi connectivity index (χ4n) is 3.96. The maximum atomic E-state index is 13.2. The van der Waals surface area contributed by atoms with Gasteiger partial charge in [0.1, 0.15) is 11.5 Å². The van der Waals surface area contributed by atoms with Crippen molar-refractivity contribution in [3.05, 3.63) is 59.2 Å². The molecular formula is C27H34N2O6. The first kappa shape index (κ1) is 26.1. The summed E-state index contributed by atoms with van der Waals surface area (Å²) < 4.78 is 11.3. The minimum atomic E-state index is -0.834. The van der Waals surface area contributed by atoms with Crippen molar-refractivity contribution in [3.8, 4) is 17.2 Å². The highest BCUT2D eigenvalue weighted by Gasteiger charge is 2.46. The second-order valence-electron chi connectivity index (χ2n) is 8.69. The smallest absolute Gasteiger partial charge is 0.295 e.